The number of hydroxylamine groups is 1. The quantitative estimate of drug-likeness (QED) is 0.0184. The lowest BCUT2D eigenvalue weighted by Crippen LogP contribution is -2.65. The number of ether oxygens (including phenoxy) is 12. The number of thioether (sulfide) groups is 1. The van der Waals surface area contributed by atoms with Gasteiger partial charge in [0.05, 0.1) is 104 Å². The van der Waals surface area contributed by atoms with Crippen molar-refractivity contribution >= 4 is 78.8 Å². The Hall–Kier alpha value is -3.62. The fraction of sp³-hybridized carbons (Fsp3) is 0.667. The van der Waals surface area contributed by atoms with E-state index in [0.717, 1.165) is 11.8 Å². The molecule has 4 saturated heterocycles. The Morgan fingerprint density at radius 3 is 2.24 bits per heavy atom. The molecular weight excluding hydrogens is 1340 g/mol. The molecule has 0 amide bonds. The van der Waals surface area contributed by atoms with Crippen LogP contribution in [0.1, 0.15) is 83.1 Å². The second-order valence-corrected chi connectivity index (χ2v) is 27.3. The van der Waals surface area contributed by atoms with Gasteiger partial charge in [-0.3, -0.25) is 28.9 Å². The normalized spacial score (nSPS) is 34.7. The molecule has 2 aliphatic carbocycles. The highest BCUT2D eigenvalue weighted by Gasteiger charge is 2.52. The maximum absolute atomic E-state index is 14.5. The summed E-state index contributed by atoms with van der Waals surface area (Å²) < 4.78 is 72.9. The molecule has 0 aromatic heterocycles. The summed E-state index contributed by atoms with van der Waals surface area (Å²) in [5, 5.41) is 67.0. The molecule has 494 valence electrons. The minimum atomic E-state index is -2.06. The number of nitrogens with one attached hydrogen (secondary N) is 1. The molecule has 89 heavy (non-hydrogen) atoms. The molecular formula is C60H81IN2O23S3. The third-order valence-electron chi connectivity index (χ3n) is 15.9. The zero-order valence-corrected chi connectivity index (χ0v) is 56.1. The summed E-state index contributed by atoms with van der Waals surface area (Å²) in [6, 6.07) is -1.65. The molecule has 0 unspecified atom stereocenters. The van der Waals surface area contributed by atoms with Crippen LogP contribution in [0.3, 0.4) is 0 Å². The SMILES string of the molecule is CCN(CC(=O)O)[C@H]1CO[C@@H](O[C@H]2[C@H](O[C@H]3C#C/C=C\C#C[C@]4(O)CC(=O)C(CC(=O)OC)=C3/C4=C\CSSC(C)C)O[C@H](C)[C@@H](NO[C@H]3C[C@H](O)[C@H](SC(=O)c4c(C)c(I)c(O[C@@H]5O[C@@H](C)[C@H](O)[C@@H](OC)[C@H]5O)c(OC)c4OC)[C@@H](C)O3)[C@@H]2O)C[C@@H]1OC. The lowest BCUT2D eigenvalue weighted by molar-refractivity contribution is -0.337. The van der Waals surface area contributed by atoms with Gasteiger partial charge in [0.15, 0.2) is 41.8 Å². The minimum Gasteiger partial charge on any atom is -0.492 e. The van der Waals surface area contributed by atoms with Gasteiger partial charge < -0.3 is 87.5 Å². The van der Waals surface area contributed by atoms with Gasteiger partial charge in [-0.1, -0.05) is 83.9 Å². The summed E-state index contributed by atoms with van der Waals surface area (Å²) in [5.74, 6) is 9.65. The molecule has 0 radical (unpaired) electrons. The van der Waals surface area contributed by atoms with E-state index < -0.39 is 151 Å². The number of esters is 1. The van der Waals surface area contributed by atoms with Crippen molar-refractivity contribution in [2.24, 2.45) is 0 Å². The van der Waals surface area contributed by atoms with Gasteiger partial charge in [-0.15, -0.1) is 0 Å². The number of ketones is 1. The topological polar surface area (TPSA) is 325 Å². The molecule has 19 atom stereocenters. The van der Waals surface area contributed by atoms with Crippen LogP contribution in [0.4, 0.5) is 0 Å². The predicted octanol–water partition coefficient (Wildman–Crippen LogP) is 3.37. The molecule has 4 aliphatic heterocycles. The molecule has 4 fully saturated rings. The van der Waals surface area contributed by atoms with Crippen LogP contribution in [-0.4, -0.2) is 240 Å². The van der Waals surface area contributed by atoms with Crippen LogP contribution < -0.4 is 19.7 Å². The third-order valence-corrected chi connectivity index (χ3v) is 21.4. The monoisotopic (exact) mass is 1420 g/mol. The number of aliphatic hydroxyl groups excluding tert-OH is 4. The molecule has 2 bridgehead atoms. The largest absolute Gasteiger partial charge is 0.492 e. The van der Waals surface area contributed by atoms with Crippen LogP contribution in [0.5, 0.6) is 17.2 Å². The highest BCUT2D eigenvalue weighted by atomic mass is 127. The Labute approximate surface area is 543 Å². The first kappa shape index (κ1) is 72.8. The maximum Gasteiger partial charge on any atom is 0.317 e. The number of rotatable bonds is 25. The Bertz CT molecular complexity index is 2900. The summed E-state index contributed by atoms with van der Waals surface area (Å²) in [6.07, 6.45) is -14.3. The van der Waals surface area contributed by atoms with Crippen LogP contribution in [0, 0.1) is 34.2 Å². The summed E-state index contributed by atoms with van der Waals surface area (Å²) in [7, 11) is 9.81. The highest BCUT2D eigenvalue weighted by Crippen LogP contribution is 2.49. The second kappa shape index (κ2) is 33.0. The number of aliphatic hydroxyl groups is 5. The fourth-order valence-electron chi connectivity index (χ4n) is 11.3. The number of carboxylic acids is 1. The Kier molecular flexibility index (Phi) is 27.0. The van der Waals surface area contributed by atoms with Gasteiger partial charge in [0.1, 0.15) is 36.6 Å². The molecule has 0 spiro atoms. The lowest BCUT2D eigenvalue weighted by Gasteiger charge is -2.47. The molecule has 7 rings (SSSR count). The molecule has 1 aromatic rings. The van der Waals surface area contributed by atoms with Crippen LogP contribution in [-0.2, 0) is 61.9 Å². The summed E-state index contributed by atoms with van der Waals surface area (Å²) in [5.41, 5.74) is 1.57. The number of allylic oxidation sites excluding steroid dienone is 2. The number of nitrogens with zero attached hydrogens (tertiary/aromatic N) is 1. The number of hydrogen-bond acceptors (Lipinski definition) is 27. The Morgan fingerprint density at radius 1 is 0.888 bits per heavy atom. The molecule has 6 aliphatic rings. The van der Waals surface area contributed by atoms with Crippen LogP contribution in [0.15, 0.2) is 34.9 Å². The Balaban J connectivity index is 1.14. The molecule has 29 heteroatoms. The van der Waals surface area contributed by atoms with Crippen molar-refractivity contribution in [3.05, 3.63) is 49.6 Å². The van der Waals surface area contributed by atoms with E-state index in [4.69, 9.17) is 61.7 Å². The van der Waals surface area contributed by atoms with E-state index in [2.05, 4.69) is 29.2 Å². The van der Waals surface area contributed by atoms with E-state index in [1.54, 1.807) is 49.5 Å². The number of likely N-dealkylation sites (N-methyl/N-ethyl adjacent to an activating group) is 1. The summed E-state index contributed by atoms with van der Waals surface area (Å²) >= 11 is 2.80. The smallest absolute Gasteiger partial charge is 0.317 e. The first-order valence-electron chi connectivity index (χ1n) is 28.9. The number of methoxy groups -OCH3 is 5. The number of fused-ring (bicyclic) bond motifs is 2. The van der Waals surface area contributed by atoms with Crippen molar-refractivity contribution in [3.63, 3.8) is 0 Å². The highest BCUT2D eigenvalue weighted by molar-refractivity contribution is 14.1. The fourth-order valence-corrected chi connectivity index (χ4v) is 14.9. The van der Waals surface area contributed by atoms with Crippen molar-refractivity contribution in [2.75, 3.05) is 61.0 Å². The first-order valence-corrected chi connectivity index (χ1v) is 33.3. The first-order chi connectivity index (χ1) is 42.3. The molecule has 25 nitrogen and oxygen atoms in total. The number of Topliss-reactive ketones (excluding diaryl/α,β-unsaturated/α-hetero) is 1. The van der Waals surface area contributed by atoms with Gasteiger partial charge in [0.2, 0.25) is 17.2 Å². The molecule has 4 heterocycles. The molecule has 7 N–H and O–H groups in total. The Morgan fingerprint density at radius 2 is 1.60 bits per heavy atom. The number of carbonyl (C=O) groups is 4. The number of halogens is 1. The van der Waals surface area contributed by atoms with Crippen molar-refractivity contribution < 1.29 is 111 Å². The minimum absolute atomic E-state index is 0.0116. The maximum atomic E-state index is 14.5. The lowest BCUT2D eigenvalue weighted by atomic mass is 9.72. The van der Waals surface area contributed by atoms with E-state index >= 15 is 0 Å². The van der Waals surface area contributed by atoms with Crippen molar-refractivity contribution in [2.45, 2.75) is 195 Å². The van der Waals surface area contributed by atoms with Gasteiger partial charge in [0, 0.05) is 54.8 Å². The number of hydrogen-bond donors (Lipinski definition) is 7. The summed E-state index contributed by atoms with van der Waals surface area (Å²) in [6.45, 7) is 12.5. The zero-order valence-electron chi connectivity index (χ0n) is 51.5. The predicted molar refractivity (Wildman–Crippen MR) is 334 cm³/mol. The standard InChI is InChI=1S/C60H81IN2O23S3/c1-13-63(26-40(66)67)35-27-79-42(24-39(35)74-8)84-54-49(70)47(30(5)81-59(54)83-38-18-16-14-15-17-20-60(73)25-37(65)33(22-41(68)75-9)45(38)34(60)19-21-87-89-28(2)3)62-86-43-23-36(64)56(32(7)80-43)88-57(72)44-29(4)46(61)52(55(78-12)51(44)76-10)85-58-50(71)53(77-11)48(69)31(6)82-58/h14-15,19,28,30-32,35-36,38-39,42-43,47-50,53-54,56,58-59,62,64,69-71,73H,13,21-27H2,1-12H3,(H,66,67)/b15-14-,34-19+/t30-,31+,32-,35+,36+,38+,39+,42+,43+,47-,48+,49+,50-,53-,54-,56-,58+,59+,60+/m1/s1. The van der Waals surface area contributed by atoms with Crippen molar-refractivity contribution in [1.82, 2.24) is 10.4 Å². The van der Waals surface area contributed by atoms with Crippen LogP contribution in [0.2, 0.25) is 0 Å². The van der Waals surface area contributed by atoms with E-state index in [1.165, 1.54) is 58.5 Å². The zero-order chi connectivity index (χ0) is 65.2. The summed E-state index contributed by atoms with van der Waals surface area (Å²) in [4.78, 5) is 61.5. The molecule has 0 saturated carbocycles. The third kappa shape index (κ3) is 17.2. The van der Waals surface area contributed by atoms with Crippen molar-refractivity contribution in [3.8, 4) is 40.9 Å². The van der Waals surface area contributed by atoms with E-state index in [1.807, 2.05) is 43.4 Å². The van der Waals surface area contributed by atoms with Gasteiger partial charge in [-0.25, -0.2) is 0 Å². The second-order valence-electron chi connectivity index (χ2n) is 22.1. The average molecular weight is 1420 g/mol. The number of carbonyl (C=O) groups excluding carboxylic acids is 3. The number of benzene rings is 1. The average Bonchev–Trinajstić information content (AvgIpc) is 0.792. The van der Waals surface area contributed by atoms with Crippen LogP contribution >= 0.6 is 55.9 Å². The van der Waals surface area contributed by atoms with Crippen molar-refractivity contribution in [1.29, 1.82) is 0 Å². The molecule has 1 aromatic carbocycles. The van der Waals surface area contributed by atoms with Gasteiger partial charge in [-0.2, -0.15) is 5.48 Å². The number of aliphatic carboxylic acids is 1. The van der Waals surface area contributed by atoms with E-state index in [-0.39, 0.29) is 70.8 Å². The van der Waals surface area contributed by atoms with E-state index in [9.17, 15) is 49.8 Å². The van der Waals surface area contributed by atoms with Gasteiger partial charge in [-0.05, 0) is 74.5 Å². The van der Waals surface area contributed by atoms with Gasteiger partial charge >= 0.3 is 11.9 Å². The van der Waals surface area contributed by atoms with Gasteiger partial charge in [0.25, 0.3) is 0 Å². The number of carboxylic acid groups (broad SMARTS) is 1. The van der Waals surface area contributed by atoms with E-state index in [0.29, 0.717) is 21.4 Å². The van der Waals surface area contributed by atoms with Crippen LogP contribution in [0.25, 0.3) is 0 Å².